The largest absolute Gasteiger partial charge is 0.493 e. The van der Waals surface area contributed by atoms with Crippen molar-refractivity contribution in [3.8, 4) is 5.75 Å². The van der Waals surface area contributed by atoms with E-state index in [9.17, 15) is 0 Å². The summed E-state index contributed by atoms with van der Waals surface area (Å²) < 4.78 is 5.45. The van der Waals surface area contributed by atoms with Crippen molar-refractivity contribution in [2.24, 2.45) is 5.73 Å². The summed E-state index contributed by atoms with van der Waals surface area (Å²) >= 11 is 0. The first-order chi connectivity index (χ1) is 6.81. The molecule has 0 bridgehead atoms. The van der Waals surface area contributed by atoms with Gasteiger partial charge in [-0.05, 0) is 23.6 Å². The molecule has 1 heterocycles. The van der Waals surface area contributed by atoms with Crippen molar-refractivity contribution in [2.45, 2.75) is 32.2 Å². The third-order valence-electron chi connectivity index (χ3n) is 2.74. The number of ether oxygens (including phenoxy) is 1. The molecule has 0 aliphatic carbocycles. The van der Waals surface area contributed by atoms with E-state index < -0.39 is 0 Å². The molecule has 2 N–H and O–H groups in total. The van der Waals surface area contributed by atoms with E-state index in [4.69, 9.17) is 10.5 Å². The Labute approximate surface area is 97.2 Å². The Bertz CT molecular complexity index is 327. The minimum absolute atomic E-state index is 0. The first kappa shape index (κ1) is 12.3. The van der Waals surface area contributed by atoms with Gasteiger partial charge >= 0.3 is 0 Å². The molecule has 0 saturated heterocycles. The van der Waals surface area contributed by atoms with Crippen LogP contribution in [-0.4, -0.2) is 6.61 Å². The Balaban J connectivity index is 0.00000112. The lowest BCUT2D eigenvalue weighted by atomic mass is 10.0. The molecule has 3 heteroatoms. The summed E-state index contributed by atoms with van der Waals surface area (Å²) in [5, 5.41) is 0. The van der Waals surface area contributed by atoms with Gasteiger partial charge in [0.15, 0.2) is 0 Å². The van der Waals surface area contributed by atoms with Crippen LogP contribution in [0.5, 0.6) is 5.75 Å². The van der Waals surface area contributed by atoms with E-state index >= 15 is 0 Å². The Morgan fingerprint density at radius 1 is 1.47 bits per heavy atom. The molecular weight excluding hydrogens is 210 g/mol. The Hall–Kier alpha value is -0.730. The molecule has 0 spiro atoms. The van der Waals surface area contributed by atoms with Crippen molar-refractivity contribution < 1.29 is 4.74 Å². The minimum Gasteiger partial charge on any atom is -0.493 e. The number of nitrogens with two attached hydrogens (primary N) is 1. The third-order valence-corrected chi connectivity index (χ3v) is 2.74. The molecule has 15 heavy (non-hydrogen) atoms. The molecule has 1 aliphatic heterocycles. The van der Waals surface area contributed by atoms with Crippen LogP contribution in [0, 0.1) is 0 Å². The smallest absolute Gasteiger partial charge is 0.122 e. The lowest BCUT2D eigenvalue weighted by molar-refractivity contribution is 0.357. The lowest BCUT2D eigenvalue weighted by Crippen LogP contribution is -2.09. The second-order valence-corrected chi connectivity index (χ2v) is 3.86. The molecule has 1 aromatic rings. The number of hydrogen-bond donors (Lipinski definition) is 1. The van der Waals surface area contributed by atoms with Gasteiger partial charge in [-0.2, -0.15) is 0 Å². The van der Waals surface area contributed by atoms with Gasteiger partial charge in [-0.15, -0.1) is 12.4 Å². The number of rotatable bonds is 3. The summed E-state index contributed by atoms with van der Waals surface area (Å²) in [7, 11) is 0. The molecule has 0 amide bonds. The zero-order valence-corrected chi connectivity index (χ0v) is 9.85. The van der Waals surface area contributed by atoms with Gasteiger partial charge in [-0.1, -0.05) is 25.5 Å². The normalized spacial score (nSPS) is 15.1. The van der Waals surface area contributed by atoms with Gasteiger partial charge in [0, 0.05) is 12.5 Å². The summed E-state index contributed by atoms with van der Waals surface area (Å²) in [6.07, 6.45) is 3.22. The minimum atomic E-state index is 0. The average Bonchev–Trinajstić information content (AvgIpc) is 2.64. The van der Waals surface area contributed by atoms with E-state index in [0.717, 1.165) is 31.6 Å². The predicted molar refractivity (Wildman–Crippen MR) is 64.7 cm³/mol. The van der Waals surface area contributed by atoms with Gasteiger partial charge in [0.1, 0.15) is 5.75 Å². The van der Waals surface area contributed by atoms with Crippen LogP contribution in [0.2, 0.25) is 0 Å². The molecule has 84 valence electrons. The summed E-state index contributed by atoms with van der Waals surface area (Å²) in [6.45, 7) is 2.98. The van der Waals surface area contributed by atoms with Crippen molar-refractivity contribution in [3.05, 3.63) is 29.3 Å². The van der Waals surface area contributed by atoms with E-state index in [2.05, 4.69) is 19.1 Å². The zero-order chi connectivity index (χ0) is 9.97. The second-order valence-electron chi connectivity index (χ2n) is 3.86. The molecule has 0 aromatic heterocycles. The van der Waals surface area contributed by atoms with Gasteiger partial charge in [-0.25, -0.2) is 0 Å². The van der Waals surface area contributed by atoms with E-state index in [-0.39, 0.29) is 18.4 Å². The van der Waals surface area contributed by atoms with E-state index in [1.54, 1.807) is 0 Å². The standard InChI is InChI=1S/C12H17NO.ClH/c1-2-3-11(13)9-4-5-12-10(8-9)6-7-14-12;/h4-5,8,11H,2-3,6-7,13H2,1H3;1H/t11-;/m0./s1. The Morgan fingerprint density at radius 3 is 3.00 bits per heavy atom. The molecule has 2 nitrogen and oxygen atoms in total. The van der Waals surface area contributed by atoms with Gasteiger partial charge in [0.25, 0.3) is 0 Å². The monoisotopic (exact) mass is 227 g/mol. The van der Waals surface area contributed by atoms with Crippen molar-refractivity contribution in [2.75, 3.05) is 6.61 Å². The van der Waals surface area contributed by atoms with Crippen LogP contribution in [0.1, 0.15) is 36.9 Å². The highest BCUT2D eigenvalue weighted by atomic mass is 35.5. The summed E-state index contributed by atoms with van der Waals surface area (Å²) in [5.41, 5.74) is 8.62. The van der Waals surface area contributed by atoms with Crippen LogP contribution in [-0.2, 0) is 6.42 Å². The van der Waals surface area contributed by atoms with Crippen LogP contribution in [0.25, 0.3) is 0 Å². The number of fused-ring (bicyclic) bond motifs is 1. The fraction of sp³-hybridized carbons (Fsp3) is 0.500. The molecule has 0 radical (unpaired) electrons. The maximum absolute atomic E-state index is 6.06. The lowest BCUT2D eigenvalue weighted by Gasteiger charge is -2.11. The molecule has 0 fully saturated rings. The number of halogens is 1. The maximum Gasteiger partial charge on any atom is 0.122 e. The first-order valence-electron chi connectivity index (χ1n) is 5.32. The predicted octanol–water partition coefficient (Wildman–Crippen LogP) is 2.84. The molecule has 1 aliphatic rings. The van der Waals surface area contributed by atoms with Crippen molar-refractivity contribution in [1.29, 1.82) is 0 Å². The van der Waals surface area contributed by atoms with Crippen molar-refractivity contribution >= 4 is 12.4 Å². The van der Waals surface area contributed by atoms with E-state index in [1.807, 2.05) is 6.07 Å². The van der Waals surface area contributed by atoms with Gasteiger partial charge in [0.2, 0.25) is 0 Å². The summed E-state index contributed by atoms with van der Waals surface area (Å²) in [4.78, 5) is 0. The van der Waals surface area contributed by atoms with Crippen LogP contribution < -0.4 is 10.5 Å². The van der Waals surface area contributed by atoms with Gasteiger partial charge in [0.05, 0.1) is 6.61 Å². The quantitative estimate of drug-likeness (QED) is 0.862. The SMILES string of the molecule is CCC[C@H](N)c1ccc2c(c1)CCO2.Cl. The number of hydrogen-bond acceptors (Lipinski definition) is 2. The number of benzene rings is 1. The van der Waals surface area contributed by atoms with Gasteiger partial charge in [-0.3, -0.25) is 0 Å². The Morgan fingerprint density at radius 2 is 2.27 bits per heavy atom. The van der Waals surface area contributed by atoms with Crippen LogP contribution in [0.4, 0.5) is 0 Å². The third kappa shape index (κ3) is 2.64. The molecule has 0 unspecified atom stereocenters. The van der Waals surface area contributed by atoms with E-state index in [0.29, 0.717) is 0 Å². The molecule has 1 atom stereocenters. The maximum atomic E-state index is 6.06. The van der Waals surface area contributed by atoms with Crippen LogP contribution in [0.3, 0.4) is 0 Å². The van der Waals surface area contributed by atoms with E-state index in [1.165, 1.54) is 11.1 Å². The summed E-state index contributed by atoms with van der Waals surface area (Å²) in [5.74, 6) is 1.04. The molecular formula is C12H18ClNO. The topological polar surface area (TPSA) is 35.2 Å². The highest BCUT2D eigenvalue weighted by Gasteiger charge is 2.14. The highest BCUT2D eigenvalue weighted by molar-refractivity contribution is 5.85. The second kappa shape index (κ2) is 5.38. The fourth-order valence-electron chi connectivity index (χ4n) is 1.91. The molecule has 1 aromatic carbocycles. The fourth-order valence-corrected chi connectivity index (χ4v) is 1.91. The average molecular weight is 228 g/mol. The summed E-state index contributed by atoms with van der Waals surface area (Å²) in [6, 6.07) is 6.52. The zero-order valence-electron chi connectivity index (χ0n) is 9.03. The van der Waals surface area contributed by atoms with Gasteiger partial charge < -0.3 is 10.5 Å². The van der Waals surface area contributed by atoms with Crippen molar-refractivity contribution in [3.63, 3.8) is 0 Å². The molecule has 0 saturated carbocycles. The Kier molecular flexibility index (Phi) is 4.43. The highest BCUT2D eigenvalue weighted by Crippen LogP contribution is 2.28. The van der Waals surface area contributed by atoms with Crippen LogP contribution in [0.15, 0.2) is 18.2 Å². The molecule has 2 rings (SSSR count). The first-order valence-corrected chi connectivity index (χ1v) is 5.32. The van der Waals surface area contributed by atoms with Crippen molar-refractivity contribution in [1.82, 2.24) is 0 Å². The van der Waals surface area contributed by atoms with Crippen LogP contribution >= 0.6 is 12.4 Å².